The minimum Gasteiger partial charge on any atom is -0.283 e. The molecule has 0 saturated carbocycles. The number of aromatic amines is 1. The summed E-state index contributed by atoms with van der Waals surface area (Å²) in [5.74, 6) is 0.606. The van der Waals surface area contributed by atoms with E-state index >= 15 is 0 Å². The number of nitrogens with two attached hydrogens (primary N) is 1. The average molecular weight is 179 g/mol. The van der Waals surface area contributed by atoms with Gasteiger partial charge in [-0.1, -0.05) is 11.2 Å². The normalized spacial score (nSPS) is 10.7. The van der Waals surface area contributed by atoms with E-state index in [1.165, 1.54) is 0 Å². The number of nitrogens with one attached hydrogen (secondary N) is 1. The number of allylic oxidation sites excluding steroid dienone is 1. The Labute approximate surface area is 77.7 Å². The first-order valence-corrected chi connectivity index (χ1v) is 4.19. The molecule has 13 heavy (non-hydrogen) atoms. The maximum absolute atomic E-state index is 5.71. The number of nitrogens with zero attached hydrogens (tertiary/aromatic N) is 2. The Kier molecular flexibility index (Phi) is 2.84. The smallest absolute Gasteiger partial charge is 0.283 e. The number of nitrogen functional groups attached to an aromatic ring is 1. The summed E-state index contributed by atoms with van der Waals surface area (Å²) in [6.45, 7) is 5.79. The molecule has 4 heteroatoms. The van der Waals surface area contributed by atoms with E-state index in [0.717, 1.165) is 11.4 Å². The van der Waals surface area contributed by atoms with Crippen molar-refractivity contribution in [3.05, 3.63) is 17.8 Å². The van der Waals surface area contributed by atoms with Gasteiger partial charge in [0.2, 0.25) is 0 Å². The van der Waals surface area contributed by atoms with Gasteiger partial charge in [0.15, 0.2) is 0 Å². The summed E-state index contributed by atoms with van der Waals surface area (Å²) in [4.78, 5) is 1.56. The molecule has 1 aromatic rings. The van der Waals surface area contributed by atoms with Crippen molar-refractivity contribution in [3.8, 4) is 0 Å². The highest BCUT2D eigenvalue weighted by Gasteiger charge is 2.06. The Morgan fingerprint density at radius 3 is 2.85 bits per heavy atom. The second-order valence-corrected chi connectivity index (χ2v) is 3.00. The van der Waals surface area contributed by atoms with Crippen LogP contribution < -0.4 is 10.5 Å². The van der Waals surface area contributed by atoms with Crippen molar-refractivity contribution in [2.24, 2.45) is 5.10 Å². The third kappa shape index (κ3) is 2.43. The summed E-state index contributed by atoms with van der Waals surface area (Å²) in [5.41, 5.74) is 7.61. The Morgan fingerprint density at radius 1 is 1.62 bits per heavy atom. The monoisotopic (exact) mass is 179 g/mol. The number of H-pyrrole nitrogens is 1. The summed E-state index contributed by atoms with van der Waals surface area (Å²) < 4.78 is 0. The number of anilines is 1. The molecule has 0 aliphatic heterocycles. The molecule has 1 aromatic heterocycles. The van der Waals surface area contributed by atoms with Gasteiger partial charge in [-0.15, -0.1) is 0 Å². The van der Waals surface area contributed by atoms with Crippen LogP contribution in [0.25, 0.3) is 6.08 Å². The van der Waals surface area contributed by atoms with Crippen LogP contribution in [0, 0.1) is 0 Å². The van der Waals surface area contributed by atoms with Crippen LogP contribution in [0.2, 0.25) is 0 Å². The van der Waals surface area contributed by atoms with Crippen LogP contribution in [-0.4, -0.2) is 10.8 Å². The highest BCUT2D eigenvalue weighted by atomic mass is 15.5. The van der Waals surface area contributed by atoms with E-state index in [4.69, 9.17) is 5.73 Å². The summed E-state index contributed by atoms with van der Waals surface area (Å²) in [5, 5.41) is 7.21. The summed E-state index contributed by atoms with van der Waals surface area (Å²) in [6, 6.07) is 1.84. The predicted molar refractivity (Wildman–Crippen MR) is 54.3 cm³/mol. The zero-order valence-corrected chi connectivity index (χ0v) is 8.20. The number of hydrogen-bond acceptors (Lipinski definition) is 2. The molecule has 0 spiro atoms. The zero-order chi connectivity index (χ0) is 9.84. The maximum atomic E-state index is 5.71. The summed E-state index contributed by atoms with van der Waals surface area (Å²) in [7, 11) is 0. The standard InChI is InChI=1S/C9H14N4/c1-4-5-8-6-9(10)13(12-8)11-7(2)3/h4-6H,1-3H3,(H2,10,12)/p+1/b5-4+. The van der Waals surface area contributed by atoms with Gasteiger partial charge in [0.05, 0.1) is 17.5 Å². The summed E-state index contributed by atoms with van der Waals surface area (Å²) >= 11 is 0. The zero-order valence-electron chi connectivity index (χ0n) is 8.20. The highest BCUT2D eigenvalue weighted by Crippen LogP contribution is 2.00. The van der Waals surface area contributed by atoms with Gasteiger partial charge in [-0.25, -0.2) is 5.10 Å². The van der Waals surface area contributed by atoms with E-state index in [9.17, 15) is 0 Å². The fourth-order valence-corrected chi connectivity index (χ4v) is 0.987. The van der Waals surface area contributed by atoms with Gasteiger partial charge in [-0.05, 0) is 31.6 Å². The molecule has 0 aromatic carbocycles. The molecule has 0 radical (unpaired) electrons. The molecular weight excluding hydrogens is 164 g/mol. The van der Waals surface area contributed by atoms with E-state index in [2.05, 4.69) is 10.2 Å². The van der Waals surface area contributed by atoms with Crippen molar-refractivity contribution in [3.63, 3.8) is 0 Å². The molecule has 0 amide bonds. The molecule has 0 fully saturated rings. The molecule has 70 valence electrons. The van der Waals surface area contributed by atoms with Gasteiger partial charge < -0.3 is 0 Å². The SMILES string of the molecule is C/C=C/c1cc(N)[n+](N=C(C)C)[nH]1. The van der Waals surface area contributed by atoms with Crippen LogP contribution in [0.4, 0.5) is 5.82 Å². The van der Waals surface area contributed by atoms with Crippen LogP contribution in [0.5, 0.6) is 0 Å². The Morgan fingerprint density at radius 2 is 2.31 bits per heavy atom. The Bertz CT molecular complexity index is 342. The minimum atomic E-state index is 0.606. The van der Waals surface area contributed by atoms with Crippen molar-refractivity contribution in [2.75, 3.05) is 5.73 Å². The summed E-state index contributed by atoms with van der Waals surface area (Å²) in [6.07, 6.45) is 3.88. The van der Waals surface area contributed by atoms with Crippen molar-refractivity contribution in [1.82, 2.24) is 5.10 Å². The van der Waals surface area contributed by atoms with E-state index in [0.29, 0.717) is 5.82 Å². The lowest BCUT2D eigenvalue weighted by Gasteiger charge is -1.87. The largest absolute Gasteiger partial charge is 0.320 e. The molecule has 1 rings (SSSR count). The van der Waals surface area contributed by atoms with Gasteiger partial charge >= 0.3 is 5.82 Å². The fraction of sp³-hybridized carbons (Fsp3) is 0.333. The molecule has 0 unspecified atom stereocenters. The topological polar surface area (TPSA) is 58.0 Å². The van der Waals surface area contributed by atoms with Crippen molar-refractivity contribution in [2.45, 2.75) is 20.8 Å². The first-order chi connectivity index (χ1) is 6.13. The highest BCUT2D eigenvalue weighted by molar-refractivity contribution is 5.78. The lowest BCUT2D eigenvalue weighted by Crippen LogP contribution is -2.33. The van der Waals surface area contributed by atoms with E-state index in [-0.39, 0.29) is 0 Å². The molecule has 4 nitrogen and oxygen atoms in total. The van der Waals surface area contributed by atoms with Gasteiger partial charge in [0, 0.05) is 0 Å². The molecule has 0 saturated heterocycles. The second kappa shape index (κ2) is 3.89. The predicted octanol–water partition coefficient (Wildman–Crippen LogP) is 1.16. The third-order valence-corrected chi connectivity index (χ3v) is 1.43. The lowest BCUT2D eigenvalue weighted by molar-refractivity contribution is -0.720. The van der Waals surface area contributed by atoms with Gasteiger partial charge in [0.1, 0.15) is 0 Å². The van der Waals surface area contributed by atoms with Crippen LogP contribution in [-0.2, 0) is 0 Å². The fourth-order valence-electron chi connectivity index (χ4n) is 0.987. The van der Waals surface area contributed by atoms with Gasteiger partial charge in [-0.3, -0.25) is 5.73 Å². The lowest BCUT2D eigenvalue weighted by atomic mass is 10.4. The van der Waals surface area contributed by atoms with E-state index < -0.39 is 0 Å². The first kappa shape index (κ1) is 9.51. The molecule has 0 aliphatic rings. The number of rotatable bonds is 2. The van der Waals surface area contributed by atoms with Crippen LogP contribution >= 0.6 is 0 Å². The molecule has 0 atom stereocenters. The second-order valence-electron chi connectivity index (χ2n) is 3.00. The quantitative estimate of drug-likeness (QED) is 0.519. The molecule has 0 aliphatic carbocycles. The Hall–Kier alpha value is -1.58. The van der Waals surface area contributed by atoms with Crippen LogP contribution in [0.3, 0.4) is 0 Å². The maximum Gasteiger partial charge on any atom is 0.320 e. The molecule has 1 heterocycles. The Balaban J connectivity index is 3.03. The van der Waals surface area contributed by atoms with Crippen molar-refractivity contribution >= 4 is 17.6 Å². The third-order valence-electron chi connectivity index (χ3n) is 1.43. The minimum absolute atomic E-state index is 0.606. The van der Waals surface area contributed by atoms with E-state index in [1.807, 2.05) is 39.0 Å². The van der Waals surface area contributed by atoms with Crippen LogP contribution in [0.15, 0.2) is 17.2 Å². The molecule has 3 N–H and O–H groups in total. The van der Waals surface area contributed by atoms with E-state index in [1.54, 1.807) is 4.79 Å². The molecular formula is C9H15N4+. The van der Waals surface area contributed by atoms with Gasteiger partial charge in [0.25, 0.3) is 0 Å². The van der Waals surface area contributed by atoms with Crippen LogP contribution in [0.1, 0.15) is 26.5 Å². The number of aromatic nitrogens is 2. The van der Waals surface area contributed by atoms with Gasteiger partial charge in [-0.2, -0.15) is 0 Å². The number of hydrogen-bond donors (Lipinski definition) is 2. The first-order valence-electron chi connectivity index (χ1n) is 4.19. The molecule has 0 bridgehead atoms. The van der Waals surface area contributed by atoms with Crippen molar-refractivity contribution < 1.29 is 4.79 Å². The average Bonchev–Trinajstić information content (AvgIpc) is 2.31. The van der Waals surface area contributed by atoms with Crippen molar-refractivity contribution in [1.29, 1.82) is 0 Å².